The van der Waals surface area contributed by atoms with Crippen LogP contribution in [0.5, 0.6) is 0 Å². The van der Waals surface area contributed by atoms with Crippen LogP contribution in [-0.2, 0) is 6.42 Å². The maximum absolute atomic E-state index is 5.35. The van der Waals surface area contributed by atoms with E-state index in [0.29, 0.717) is 17.8 Å². The Morgan fingerprint density at radius 2 is 2.09 bits per heavy atom. The van der Waals surface area contributed by atoms with Crippen molar-refractivity contribution in [1.82, 2.24) is 20.4 Å². The van der Waals surface area contributed by atoms with E-state index < -0.39 is 0 Å². The molecule has 23 heavy (non-hydrogen) atoms. The molecular formula is C17H20N4OS. The maximum atomic E-state index is 5.35. The van der Waals surface area contributed by atoms with Crippen LogP contribution in [-0.4, -0.2) is 28.2 Å². The van der Waals surface area contributed by atoms with Crippen molar-refractivity contribution in [3.63, 3.8) is 0 Å². The molecule has 6 heteroatoms. The van der Waals surface area contributed by atoms with Crippen molar-refractivity contribution < 1.29 is 4.52 Å². The fraction of sp³-hybridized carbons (Fsp3) is 0.353. The lowest BCUT2D eigenvalue weighted by Crippen LogP contribution is -2.24. The Morgan fingerprint density at radius 1 is 1.26 bits per heavy atom. The zero-order valence-electron chi connectivity index (χ0n) is 13.8. The molecule has 3 rings (SSSR count). The maximum Gasteiger partial charge on any atom is 0.277 e. The average molecular weight is 328 g/mol. The number of thiazole rings is 1. The second-order valence-electron chi connectivity index (χ2n) is 5.77. The van der Waals surface area contributed by atoms with Gasteiger partial charge in [-0.1, -0.05) is 28.9 Å². The summed E-state index contributed by atoms with van der Waals surface area (Å²) in [4.78, 5) is 9.10. The molecule has 2 heterocycles. The summed E-state index contributed by atoms with van der Waals surface area (Å²) in [6, 6.07) is 6.69. The number of hydrogen-bond acceptors (Lipinski definition) is 6. The molecule has 0 aliphatic carbocycles. The molecule has 1 aromatic carbocycles. The Kier molecular flexibility index (Phi) is 4.54. The van der Waals surface area contributed by atoms with Gasteiger partial charge in [-0.25, -0.2) is 4.98 Å². The third-order valence-electron chi connectivity index (χ3n) is 3.79. The van der Waals surface area contributed by atoms with Crippen LogP contribution in [0.1, 0.15) is 23.9 Å². The summed E-state index contributed by atoms with van der Waals surface area (Å²) < 4.78 is 5.35. The van der Waals surface area contributed by atoms with E-state index >= 15 is 0 Å². The fourth-order valence-corrected chi connectivity index (χ4v) is 3.25. The van der Waals surface area contributed by atoms with Crippen molar-refractivity contribution in [2.24, 2.45) is 0 Å². The quantitative estimate of drug-likeness (QED) is 0.775. The van der Waals surface area contributed by atoms with E-state index in [1.165, 1.54) is 11.1 Å². The van der Waals surface area contributed by atoms with Crippen molar-refractivity contribution in [2.75, 3.05) is 7.05 Å². The lowest BCUT2D eigenvalue weighted by Gasteiger charge is -2.04. The van der Waals surface area contributed by atoms with Crippen LogP contribution in [0.25, 0.3) is 22.2 Å². The van der Waals surface area contributed by atoms with Gasteiger partial charge in [0, 0.05) is 23.4 Å². The highest BCUT2D eigenvalue weighted by atomic mass is 32.1. The van der Waals surface area contributed by atoms with E-state index in [-0.39, 0.29) is 0 Å². The summed E-state index contributed by atoms with van der Waals surface area (Å²) in [6.45, 7) is 6.28. The number of aryl methyl sites for hydroxylation is 2. The number of aromatic nitrogens is 3. The van der Waals surface area contributed by atoms with Crippen LogP contribution in [0.4, 0.5) is 0 Å². The number of likely N-dealkylation sites (N-methyl/N-ethyl adjacent to an activating group) is 1. The van der Waals surface area contributed by atoms with Gasteiger partial charge < -0.3 is 9.84 Å². The van der Waals surface area contributed by atoms with Crippen LogP contribution in [0.3, 0.4) is 0 Å². The third-order valence-corrected chi connectivity index (χ3v) is 4.66. The summed E-state index contributed by atoms with van der Waals surface area (Å²) in [5.41, 5.74) is 4.36. The first kappa shape index (κ1) is 15.8. The average Bonchev–Trinajstić information content (AvgIpc) is 3.16. The Bertz CT molecular complexity index is 809. The van der Waals surface area contributed by atoms with Crippen molar-refractivity contribution >= 4 is 11.3 Å². The summed E-state index contributed by atoms with van der Waals surface area (Å²) in [5, 5.41) is 10.1. The van der Waals surface area contributed by atoms with E-state index in [1.54, 1.807) is 11.3 Å². The number of rotatable bonds is 5. The van der Waals surface area contributed by atoms with Crippen LogP contribution >= 0.6 is 11.3 Å². The molecule has 1 atom stereocenters. The molecule has 0 bridgehead atoms. The summed E-state index contributed by atoms with van der Waals surface area (Å²) >= 11 is 1.59. The molecule has 0 aliphatic heterocycles. The summed E-state index contributed by atoms with van der Waals surface area (Å²) in [5.74, 6) is 1.18. The molecule has 0 spiro atoms. The molecule has 1 unspecified atom stereocenters. The zero-order chi connectivity index (χ0) is 16.4. The van der Waals surface area contributed by atoms with Gasteiger partial charge in [0.05, 0.1) is 0 Å². The van der Waals surface area contributed by atoms with Crippen molar-refractivity contribution in [3.8, 4) is 22.2 Å². The largest absolute Gasteiger partial charge is 0.332 e. The number of nitrogens with zero attached hydrogens (tertiary/aromatic N) is 3. The molecule has 0 saturated heterocycles. The first-order chi connectivity index (χ1) is 11.1. The third kappa shape index (κ3) is 3.48. The van der Waals surface area contributed by atoms with Gasteiger partial charge >= 0.3 is 0 Å². The molecule has 5 nitrogen and oxygen atoms in total. The van der Waals surface area contributed by atoms with Gasteiger partial charge in [0.15, 0.2) is 5.82 Å². The second kappa shape index (κ2) is 6.60. The van der Waals surface area contributed by atoms with Gasteiger partial charge in [0.25, 0.3) is 5.89 Å². The van der Waals surface area contributed by atoms with Crippen LogP contribution < -0.4 is 5.32 Å². The van der Waals surface area contributed by atoms with Gasteiger partial charge in [-0.2, -0.15) is 4.98 Å². The molecular weight excluding hydrogens is 308 g/mol. The number of nitrogens with one attached hydrogen (secondary N) is 1. The number of benzene rings is 1. The molecule has 0 amide bonds. The Hall–Kier alpha value is -2.05. The fourth-order valence-electron chi connectivity index (χ4n) is 2.37. The minimum atomic E-state index is 0.307. The lowest BCUT2D eigenvalue weighted by atomic mass is 10.1. The lowest BCUT2D eigenvalue weighted by molar-refractivity contribution is 0.417. The molecule has 2 aromatic heterocycles. The second-order valence-corrected chi connectivity index (χ2v) is 6.62. The Balaban J connectivity index is 1.84. The van der Waals surface area contributed by atoms with Crippen molar-refractivity contribution in [2.45, 2.75) is 33.2 Å². The smallest absolute Gasteiger partial charge is 0.277 e. The predicted molar refractivity (Wildman–Crippen MR) is 92.5 cm³/mol. The van der Waals surface area contributed by atoms with Crippen molar-refractivity contribution in [3.05, 3.63) is 40.5 Å². The minimum Gasteiger partial charge on any atom is -0.332 e. The molecule has 1 N–H and O–H groups in total. The molecule has 0 radical (unpaired) electrons. The first-order valence-corrected chi connectivity index (χ1v) is 8.48. The van der Waals surface area contributed by atoms with Crippen LogP contribution in [0.15, 0.2) is 28.1 Å². The molecule has 120 valence electrons. The monoisotopic (exact) mass is 328 g/mol. The van der Waals surface area contributed by atoms with Gasteiger partial charge in [-0.15, -0.1) is 11.3 Å². The standard InChI is InChI=1S/C17H20N4OS/c1-10-5-6-13(11(2)7-10)17-19-14(9-23-17)16-20-15(21-22-16)8-12(3)18-4/h5-7,9,12,18H,8H2,1-4H3. The Morgan fingerprint density at radius 3 is 2.83 bits per heavy atom. The normalized spacial score (nSPS) is 12.5. The highest BCUT2D eigenvalue weighted by Gasteiger charge is 2.15. The summed E-state index contributed by atoms with van der Waals surface area (Å²) in [7, 11) is 1.92. The number of hydrogen-bond donors (Lipinski definition) is 1. The van der Waals surface area contributed by atoms with Gasteiger partial charge in [0.1, 0.15) is 10.7 Å². The van der Waals surface area contributed by atoms with E-state index in [9.17, 15) is 0 Å². The van der Waals surface area contributed by atoms with Crippen LogP contribution in [0, 0.1) is 13.8 Å². The van der Waals surface area contributed by atoms with Crippen LogP contribution in [0.2, 0.25) is 0 Å². The van der Waals surface area contributed by atoms with Gasteiger partial charge in [0.2, 0.25) is 0 Å². The highest BCUT2D eigenvalue weighted by molar-refractivity contribution is 7.13. The van der Waals surface area contributed by atoms with E-state index in [0.717, 1.165) is 22.7 Å². The van der Waals surface area contributed by atoms with E-state index in [4.69, 9.17) is 4.52 Å². The SMILES string of the molecule is CNC(C)Cc1noc(-c2csc(-c3ccc(C)cc3C)n2)n1. The highest BCUT2D eigenvalue weighted by Crippen LogP contribution is 2.30. The van der Waals surface area contributed by atoms with Crippen molar-refractivity contribution in [1.29, 1.82) is 0 Å². The summed E-state index contributed by atoms with van der Waals surface area (Å²) in [6.07, 6.45) is 0.730. The molecule has 3 aromatic rings. The molecule has 0 aliphatic rings. The first-order valence-electron chi connectivity index (χ1n) is 7.60. The Labute approximate surface area is 139 Å². The topological polar surface area (TPSA) is 63.8 Å². The van der Waals surface area contributed by atoms with E-state index in [2.05, 4.69) is 59.4 Å². The molecule has 0 fully saturated rings. The minimum absolute atomic E-state index is 0.307. The molecule has 0 saturated carbocycles. The zero-order valence-corrected chi connectivity index (χ0v) is 14.6. The van der Waals surface area contributed by atoms with Gasteiger partial charge in [-0.05, 0) is 33.4 Å². The van der Waals surface area contributed by atoms with E-state index in [1.807, 2.05) is 12.4 Å². The predicted octanol–water partition coefficient (Wildman–Crippen LogP) is 3.63. The van der Waals surface area contributed by atoms with Gasteiger partial charge in [-0.3, -0.25) is 0 Å².